The number of methoxy groups -OCH3 is 1. The number of nitrogens with zero attached hydrogens (tertiary/aromatic N) is 3. The van der Waals surface area contributed by atoms with Gasteiger partial charge in [-0.1, -0.05) is 35.5 Å². The van der Waals surface area contributed by atoms with Gasteiger partial charge in [0.25, 0.3) is 0 Å². The number of carbonyl (C=O) groups is 2. The van der Waals surface area contributed by atoms with Crippen LogP contribution in [0.1, 0.15) is 38.6 Å². The van der Waals surface area contributed by atoms with Crippen molar-refractivity contribution in [2.24, 2.45) is 7.05 Å². The predicted molar refractivity (Wildman–Crippen MR) is 122 cm³/mol. The summed E-state index contributed by atoms with van der Waals surface area (Å²) in [6, 6.07) is 7.59. The molecule has 162 valence electrons. The molecule has 0 saturated heterocycles. The van der Waals surface area contributed by atoms with Crippen molar-refractivity contribution in [1.82, 2.24) is 14.8 Å². The molecule has 1 amide bonds. The number of halogens is 1. The third-order valence-electron chi connectivity index (χ3n) is 5.10. The van der Waals surface area contributed by atoms with E-state index in [1.165, 1.54) is 30.2 Å². The quantitative estimate of drug-likeness (QED) is 0.407. The summed E-state index contributed by atoms with van der Waals surface area (Å²) < 4.78 is 6.81. The molecule has 1 aliphatic carbocycles. The first kappa shape index (κ1) is 21.9. The van der Waals surface area contributed by atoms with Crippen molar-refractivity contribution in [1.29, 1.82) is 0 Å². The third kappa shape index (κ3) is 4.78. The first-order valence-corrected chi connectivity index (χ1v) is 11.9. The maximum atomic E-state index is 12.6. The summed E-state index contributed by atoms with van der Waals surface area (Å²) in [5.74, 6) is 0.364. The number of amides is 1. The molecule has 4 rings (SSSR count). The highest BCUT2D eigenvalue weighted by molar-refractivity contribution is 7.99. The van der Waals surface area contributed by atoms with Crippen LogP contribution in [-0.4, -0.2) is 39.5 Å². The lowest BCUT2D eigenvalue weighted by molar-refractivity contribution is -0.113. The second kappa shape index (κ2) is 9.42. The van der Waals surface area contributed by atoms with Gasteiger partial charge in [0, 0.05) is 23.4 Å². The smallest absolute Gasteiger partial charge is 0.341 e. The summed E-state index contributed by atoms with van der Waals surface area (Å²) >= 11 is 8.71. The van der Waals surface area contributed by atoms with Crippen LogP contribution < -0.4 is 5.32 Å². The fraction of sp³-hybridized carbons (Fsp3) is 0.333. The predicted octanol–water partition coefficient (Wildman–Crippen LogP) is 4.13. The normalized spacial score (nSPS) is 12.6. The molecule has 0 spiro atoms. The van der Waals surface area contributed by atoms with Gasteiger partial charge in [-0.25, -0.2) is 4.79 Å². The molecule has 0 saturated carbocycles. The highest BCUT2D eigenvalue weighted by Crippen LogP contribution is 2.39. The molecule has 3 aromatic rings. The molecular formula is C21H21ClN4O3S2. The average molecular weight is 477 g/mol. The minimum absolute atomic E-state index is 0.163. The van der Waals surface area contributed by atoms with Gasteiger partial charge in [0.15, 0.2) is 5.16 Å². The van der Waals surface area contributed by atoms with Crippen molar-refractivity contribution >= 4 is 51.6 Å². The van der Waals surface area contributed by atoms with Gasteiger partial charge in [-0.3, -0.25) is 4.79 Å². The van der Waals surface area contributed by atoms with E-state index in [0.29, 0.717) is 27.2 Å². The number of rotatable bonds is 7. The molecule has 0 aliphatic heterocycles. The molecule has 10 heteroatoms. The van der Waals surface area contributed by atoms with E-state index in [1.807, 2.05) is 35.9 Å². The summed E-state index contributed by atoms with van der Waals surface area (Å²) in [6.07, 6.45) is 3.43. The molecule has 0 unspecified atom stereocenters. The number of hydrogen-bond acceptors (Lipinski definition) is 7. The number of fused-ring (bicyclic) bond motifs is 1. The van der Waals surface area contributed by atoms with E-state index in [4.69, 9.17) is 16.3 Å². The Labute approximate surface area is 193 Å². The van der Waals surface area contributed by atoms with Gasteiger partial charge < -0.3 is 14.6 Å². The number of nitrogens with one attached hydrogen (secondary N) is 1. The van der Waals surface area contributed by atoms with Gasteiger partial charge in [0.2, 0.25) is 5.91 Å². The van der Waals surface area contributed by atoms with Crippen LogP contribution in [0.5, 0.6) is 0 Å². The summed E-state index contributed by atoms with van der Waals surface area (Å²) in [5, 5.41) is 13.3. The molecule has 1 N–H and O–H groups in total. The highest BCUT2D eigenvalue weighted by atomic mass is 35.5. The van der Waals surface area contributed by atoms with Crippen LogP contribution in [0.2, 0.25) is 5.02 Å². The first-order chi connectivity index (χ1) is 15.0. The van der Waals surface area contributed by atoms with E-state index < -0.39 is 5.97 Å². The standard InChI is InChI=1S/C21H21ClN4O3S2/c1-26-16(10-12-6-8-13(22)9-7-12)24-25-21(26)30-11-17(27)23-19-18(20(28)29-2)14-4-3-5-15(14)31-19/h6-9H,3-5,10-11H2,1-2H3,(H,23,27). The van der Waals surface area contributed by atoms with E-state index in [2.05, 4.69) is 15.5 Å². The van der Waals surface area contributed by atoms with Crippen LogP contribution in [0, 0.1) is 0 Å². The molecule has 2 heterocycles. The van der Waals surface area contributed by atoms with E-state index in [-0.39, 0.29) is 11.7 Å². The van der Waals surface area contributed by atoms with Gasteiger partial charge in [0.05, 0.1) is 18.4 Å². The van der Waals surface area contributed by atoms with E-state index in [0.717, 1.165) is 41.1 Å². The Hall–Kier alpha value is -2.36. The van der Waals surface area contributed by atoms with E-state index >= 15 is 0 Å². The lowest BCUT2D eigenvalue weighted by Gasteiger charge is -2.07. The third-order valence-corrected chi connectivity index (χ3v) is 7.58. The fourth-order valence-corrected chi connectivity index (χ4v) is 5.66. The lowest BCUT2D eigenvalue weighted by Crippen LogP contribution is -2.16. The molecule has 0 fully saturated rings. The minimum atomic E-state index is -0.400. The monoisotopic (exact) mass is 476 g/mol. The van der Waals surface area contributed by atoms with Crippen LogP contribution in [0.3, 0.4) is 0 Å². The molecule has 7 nitrogen and oxygen atoms in total. The van der Waals surface area contributed by atoms with Crippen LogP contribution in [-0.2, 0) is 35.8 Å². The first-order valence-electron chi connectivity index (χ1n) is 9.74. The van der Waals surface area contributed by atoms with Crippen LogP contribution in [0.25, 0.3) is 0 Å². The van der Waals surface area contributed by atoms with Crippen molar-refractivity contribution in [3.05, 3.63) is 56.7 Å². The summed E-state index contributed by atoms with van der Waals surface area (Å²) in [5.41, 5.74) is 2.59. The maximum absolute atomic E-state index is 12.6. The number of aryl methyl sites for hydroxylation is 1. The van der Waals surface area contributed by atoms with Gasteiger partial charge in [0.1, 0.15) is 10.8 Å². The summed E-state index contributed by atoms with van der Waals surface area (Å²) in [7, 11) is 3.24. The highest BCUT2D eigenvalue weighted by Gasteiger charge is 2.28. The lowest BCUT2D eigenvalue weighted by atomic mass is 10.1. The van der Waals surface area contributed by atoms with Crippen molar-refractivity contribution in [3.8, 4) is 0 Å². The zero-order valence-corrected chi connectivity index (χ0v) is 19.5. The Kier molecular flexibility index (Phi) is 6.64. The average Bonchev–Trinajstić information content (AvgIpc) is 3.43. The van der Waals surface area contributed by atoms with Gasteiger partial charge in [-0.2, -0.15) is 0 Å². The second-order valence-electron chi connectivity index (χ2n) is 7.15. The number of aromatic nitrogens is 3. The molecule has 1 aromatic carbocycles. The molecule has 0 bridgehead atoms. The Morgan fingerprint density at radius 2 is 2.03 bits per heavy atom. The van der Waals surface area contributed by atoms with Crippen LogP contribution in [0.15, 0.2) is 29.4 Å². The zero-order chi connectivity index (χ0) is 22.0. The van der Waals surface area contributed by atoms with E-state index in [9.17, 15) is 9.59 Å². The molecular weight excluding hydrogens is 456 g/mol. The van der Waals surface area contributed by atoms with Crippen molar-refractivity contribution in [2.45, 2.75) is 30.8 Å². The SMILES string of the molecule is COC(=O)c1c(NC(=O)CSc2nnc(Cc3ccc(Cl)cc3)n2C)sc2c1CCC2. The van der Waals surface area contributed by atoms with Crippen molar-refractivity contribution in [2.75, 3.05) is 18.2 Å². The molecule has 2 aromatic heterocycles. The fourth-order valence-electron chi connectivity index (χ4n) is 3.51. The molecule has 0 atom stereocenters. The minimum Gasteiger partial charge on any atom is -0.465 e. The summed E-state index contributed by atoms with van der Waals surface area (Å²) in [6.45, 7) is 0. The van der Waals surface area contributed by atoms with Crippen LogP contribution >= 0.6 is 34.7 Å². The summed E-state index contributed by atoms with van der Waals surface area (Å²) in [4.78, 5) is 26.0. The second-order valence-corrected chi connectivity index (χ2v) is 9.64. The van der Waals surface area contributed by atoms with Crippen molar-refractivity contribution in [3.63, 3.8) is 0 Å². The zero-order valence-electron chi connectivity index (χ0n) is 17.1. The number of ether oxygens (including phenoxy) is 1. The number of thioether (sulfide) groups is 1. The number of esters is 1. The maximum Gasteiger partial charge on any atom is 0.341 e. The Bertz CT molecular complexity index is 1120. The Morgan fingerprint density at radius 1 is 1.26 bits per heavy atom. The number of benzene rings is 1. The number of anilines is 1. The largest absolute Gasteiger partial charge is 0.465 e. The molecule has 31 heavy (non-hydrogen) atoms. The Balaban J connectivity index is 1.39. The molecule has 1 aliphatic rings. The van der Waals surface area contributed by atoms with Crippen LogP contribution in [0.4, 0.5) is 5.00 Å². The molecule has 0 radical (unpaired) electrons. The van der Waals surface area contributed by atoms with Gasteiger partial charge in [-0.05, 0) is 42.5 Å². The van der Waals surface area contributed by atoms with Gasteiger partial charge in [-0.15, -0.1) is 21.5 Å². The topological polar surface area (TPSA) is 86.1 Å². The van der Waals surface area contributed by atoms with Crippen molar-refractivity contribution < 1.29 is 14.3 Å². The van der Waals surface area contributed by atoms with E-state index in [1.54, 1.807) is 0 Å². The Morgan fingerprint density at radius 3 is 2.77 bits per heavy atom. The number of carbonyl (C=O) groups excluding carboxylic acids is 2. The number of hydrogen-bond donors (Lipinski definition) is 1. The number of thiophene rings is 1. The van der Waals surface area contributed by atoms with Gasteiger partial charge >= 0.3 is 5.97 Å².